The molecule has 0 saturated carbocycles. The summed E-state index contributed by atoms with van der Waals surface area (Å²) in [5.74, 6) is 0. The zero-order valence-electron chi connectivity index (χ0n) is 8.25. The van der Waals surface area contributed by atoms with Crippen LogP contribution in [0.25, 0.3) is 0 Å². The van der Waals surface area contributed by atoms with Crippen molar-refractivity contribution in [2.75, 3.05) is 0 Å². The first-order valence-electron chi connectivity index (χ1n) is 4.57. The average molecular weight is 372 g/mol. The van der Waals surface area contributed by atoms with Gasteiger partial charge in [-0.05, 0) is 28.1 Å². The van der Waals surface area contributed by atoms with E-state index < -0.39 is 6.10 Å². The van der Waals surface area contributed by atoms with Gasteiger partial charge >= 0.3 is 0 Å². The van der Waals surface area contributed by atoms with Gasteiger partial charge in [-0.15, -0.1) is 11.3 Å². The fourth-order valence-electron chi connectivity index (χ4n) is 1.44. The van der Waals surface area contributed by atoms with Crippen LogP contribution in [0.1, 0.15) is 17.2 Å². The highest BCUT2D eigenvalue weighted by atomic mass is 79.9. The quantitative estimate of drug-likeness (QED) is 0.732. The van der Waals surface area contributed by atoms with E-state index in [4.69, 9.17) is 34.8 Å². The van der Waals surface area contributed by atoms with Gasteiger partial charge in [0.15, 0.2) is 0 Å². The molecular formula is C11H6BrCl3OS. The lowest BCUT2D eigenvalue weighted by atomic mass is 10.0. The average Bonchev–Trinajstić information content (AvgIpc) is 2.61. The molecule has 0 saturated heterocycles. The second-order valence-electron chi connectivity index (χ2n) is 3.33. The third-order valence-corrected chi connectivity index (χ3v) is 5.08. The van der Waals surface area contributed by atoms with E-state index in [2.05, 4.69) is 15.9 Å². The molecule has 1 atom stereocenters. The number of benzene rings is 1. The molecule has 1 unspecified atom stereocenters. The lowest BCUT2D eigenvalue weighted by Crippen LogP contribution is -1.99. The molecule has 0 spiro atoms. The number of thiophene rings is 1. The van der Waals surface area contributed by atoms with Gasteiger partial charge in [-0.1, -0.05) is 46.9 Å². The van der Waals surface area contributed by atoms with Gasteiger partial charge in [-0.3, -0.25) is 0 Å². The van der Waals surface area contributed by atoms with Crippen LogP contribution >= 0.6 is 62.1 Å². The second-order valence-corrected chi connectivity index (χ2v) is 6.84. The Morgan fingerprint density at radius 1 is 1.18 bits per heavy atom. The number of hydrogen-bond donors (Lipinski definition) is 1. The van der Waals surface area contributed by atoms with Gasteiger partial charge in [0.2, 0.25) is 0 Å². The van der Waals surface area contributed by atoms with Gasteiger partial charge < -0.3 is 5.11 Å². The first kappa shape index (κ1) is 13.7. The number of rotatable bonds is 2. The van der Waals surface area contributed by atoms with Crippen LogP contribution in [0.15, 0.2) is 28.7 Å². The Hall–Kier alpha value is 0.230. The standard InChI is InChI=1S/C11H6BrCl3OS/c12-7-3-1-2-5(9(7)14)10(16)6-4-8(13)17-11(6)15/h1-4,10,16H. The van der Waals surface area contributed by atoms with Crippen LogP contribution in [-0.4, -0.2) is 5.11 Å². The minimum atomic E-state index is -0.878. The van der Waals surface area contributed by atoms with E-state index in [-0.39, 0.29) is 0 Å². The maximum absolute atomic E-state index is 10.2. The zero-order chi connectivity index (χ0) is 12.6. The molecule has 90 valence electrons. The van der Waals surface area contributed by atoms with Crippen molar-refractivity contribution >= 4 is 62.1 Å². The first-order chi connectivity index (χ1) is 8.00. The molecule has 1 aromatic carbocycles. The van der Waals surface area contributed by atoms with Gasteiger partial charge in [0.25, 0.3) is 0 Å². The van der Waals surface area contributed by atoms with Gasteiger partial charge in [-0.25, -0.2) is 0 Å². The fourth-order valence-corrected chi connectivity index (χ4v) is 3.57. The van der Waals surface area contributed by atoms with Gasteiger partial charge in [0.05, 0.1) is 9.36 Å². The van der Waals surface area contributed by atoms with Crippen LogP contribution in [-0.2, 0) is 0 Å². The molecule has 1 aromatic heterocycles. The van der Waals surface area contributed by atoms with Crippen molar-refractivity contribution < 1.29 is 5.11 Å². The maximum atomic E-state index is 10.2. The Bertz CT molecular complexity index is 556. The largest absolute Gasteiger partial charge is 0.384 e. The molecule has 0 aliphatic carbocycles. The van der Waals surface area contributed by atoms with Gasteiger partial charge in [0, 0.05) is 15.6 Å². The van der Waals surface area contributed by atoms with Crippen molar-refractivity contribution in [2.24, 2.45) is 0 Å². The van der Waals surface area contributed by atoms with Crippen LogP contribution in [0.3, 0.4) is 0 Å². The van der Waals surface area contributed by atoms with E-state index in [0.717, 1.165) is 4.47 Å². The smallest absolute Gasteiger partial charge is 0.108 e. The normalized spacial score (nSPS) is 12.8. The van der Waals surface area contributed by atoms with Gasteiger partial charge in [0.1, 0.15) is 10.4 Å². The molecule has 6 heteroatoms. The van der Waals surface area contributed by atoms with Crippen molar-refractivity contribution in [2.45, 2.75) is 6.10 Å². The SMILES string of the molecule is OC(c1cc(Cl)sc1Cl)c1cccc(Br)c1Cl. The van der Waals surface area contributed by atoms with Crippen LogP contribution in [0.2, 0.25) is 13.7 Å². The second kappa shape index (κ2) is 5.47. The predicted octanol–water partition coefficient (Wildman–Crippen LogP) is 5.55. The Labute approximate surface area is 126 Å². The molecular weight excluding hydrogens is 366 g/mol. The molecule has 1 N–H and O–H groups in total. The number of halogens is 4. The van der Waals surface area contributed by atoms with E-state index in [0.29, 0.717) is 24.8 Å². The highest BCUT2D eigenvalue weighted by Gasteiger charge is 2.20. The van der Waals surface area contributed by atoms with Crippen LogP contribution < -0.4 is 0 Å². The Kier molecular flexibility index (Phi) is 4.40. The Morgan fingerprint density at radius 3 is 2.47 bits per heavy atom. The predicted molar refractivity (Wildman–Crippen MR) is 77.6 cm³/mol. The molecule has 17 heavy (non-hydrogen) atoms. The molecule has 0 aliphatic rings. The molecule has 2 rings (SSSR count). The molecule has 0 bridgehead atoms. The van der Waals surface area contributed by atoms with E-state index in [1.807, 2.05) is 0 Å². The van der Waals surface area contributed by atoms with Gasteiger partial charge in [-0.2, -0.15) is 0 Å². The monoisotopic (exact) mass is 370 g/mol. The summed E-state index contributed by atoms with van der Waals surface area (Å²) in [6.45, 7) is 0. The summed E-state index contributed by atoms with van der Waals surface area (Å²) in [5.41, 5.74) is 1.17. The topological polar surface area (TPSA) is 20.2 Å². The van der Waals surface area contributed by atoms with E-state index in [1.165, 1.54) is 11.3 Å². The van der Waals surface area contributed by atoms with E-state index >= 15 is 0 Å². The zero-order valence-corrected chi connectivity index (χ0v) is 12.9. The van der Waals surface area contributed by atoms with Crippen molar-refractivity contribution in [1.29, 1.82) is 0 Å². The highest BCUT2D eigenvalue weighted by Crippen LogP contribution is 2.40. The fraction of sp³-hybridized carbons (Fsp3) is 0.0909. The van der Waals surface area contributed by atoms with Crippen molar-refractivity contribution in [3.63, 3.8) is 0 Å². The van der Waals surface area contributed by atoms with E-state index in [1.54, 1.807) is 24.3 Å². The molecule has 1 heterocycles. The van der Waals surface area contributed by atoms with Crippen molar-refractivity contribution in [1.82, 2.24) is 0 Å². The molecule has 2 aromatic rings. The molecule has 0 amide bonds. The minimum Gasteiger partial charge on any atom is -0.384 e. The van der Waals surface area contributed by atoms with Crippen molar-refractivity contribution in [3.05, 3.63) is 53.6 Å². The van der Waals surface area contributed by atoms with Crippen LogP contribution in [0, 0.1) is 0 Å². The van der Waals surface area contributed by atoms with Crippen LogP contribution in [0.5, 0.6) is 0 Å². The molecule has 0 fully saturated rings. The van der Waals surface area contributed by atoms with E-state index in [9.17, 15) is 5.11 Å². The summed E-state index contributed by atoms with van der Waals surface area (Å²) in [5, 5.41) is 10.7. The lowest BCUT2D eigenvalue weighted by Gasteiger charge is -2.12. The number of aliphatic hydroxyl groups excluding tert-OH is 1. The Morgan fingerprint density at radius 2 is 1.88 bits per heavy atom. The maximum Gasteiger partial charge on any atom is 0.108 e. The Balaban J connectivity index is 2.47. The van der Waals surface area contributed by atoms with Crippen molar-refractivity contribution in [3.8, 4) is 0 Å². The summed E-state index contributed by atoms with van der Waals surface area (Å²) in [7, 11) is 0. The number of hydrogen-bond acceptors (Lipinski definition) is 2. The molecule has 0 radical (unpaired) electrons. The first-order valence-corrected chi connectivity index (χ1v) is 7.31. The summed E-state index contributed by atoms with van der Waals surface area (Å²) in [6.07, 6.45) is -0.878. The third-order valence-electron chi connectivity index (χ3n) is 2.25. The minimum absolute atomic E-state index is 0.471. The summed E-state index contributed by atoms with van der Waals surface area (Å²) in [6, 6.07) is 7.01. The number of aliphatic hydroxyl groups is 1. The van der Waals surface area contributed by atoms with Crippen LogP contribution in [0.4, 0.5) is 0 Å². The summed E-state index contributed by atoms with van der Waals surface area (Å²) < 4.78 is 1.74. The lowest BCUT2D eigenvalue weighted by molar-refractivity contribution is 0.221. The molecule has 1 nitrogen and oxygen atoms in total. The molecule has 0 aliphatic heterocycles. The summed E-state index contributed by atoms with van der Waals surface area (Å²) in [4.78, 5) is 0. The highest BCUT2D eigenvalue weighted by molar-refractivity contribution is 9.10. The third kappa shape index (κ3) is 2.80. The summed E-state index contributed by atoms with van der Waals surface area (Å²) >= 11 is 22.5.